The summed E-state index contributed by atoms with van der Waals surface area (Å²) in [6.45, 7) is 1.24. The molecule has 0 saturated carbocycles. The summed E-state index contributed by atoms with van der Waals surface area (Å²) in [5.41, 5.74) is 3.27. The van der Waals surface area contributed by atoms with Crippen LogP contribution in [-0.2, 0) is 13.0 Å². The highest BCUT2D eigenvalue weighted by Gasteiger charge is 2.15. The minimum Gasteiger partial charge on any atom is -0.493 e. The Morgan fingerprint density at radius 1 is 1.17 bits per heavy atom. The average Bonchev–Trinajstić information content (AvgIpc) is 3.22. The first-order valence-corrected chi connectivity index (χ1v) is 8.26. The van der Waals surface area contributed by atoms with E-state index in [1.54, 1.807) is 6.07 Å². The number of hydrogen-bond donors (Lipinski definition) is 1. The molecule has 0 unspecified atom stereocenters. The third-order valence-electron chi connectivity index (χ3n) is 3.85. The van der Waals surface area contributed by atoms with Gasteiger partial charge in [-0.2, -0.15) is 0 Å². The number of H-pyrrole nitrogens is 1. The molecule has 2 aromatic carbocycles. The van der Waals surface area contributed by atoms with Crippen LogP contribution in [0.1, 0.15) is 11.1 Å². The smallest absolute Gasteiger partial charge is 0.258 e. The number of rotatable bonds is 4. The van der Waals surface area contributed by atoms with Gasteiger partial charge in [0, 0.05) is 18.1 Å². The number of benzene rings is 2. The molecule has 1 N–H and O–H groups in total. The number of para-hydroxylation sites is 1. The third kappa shape index (κ3) is 2.87. The van der Waals surface area contributed by atoms with Gasteiger partial charge in [0.25, 0.3) is 5.56 Å². The van der Waals surface area contributed by atoms with Gasteiger partial charge in [-0.1, -0.05) is 29.7 Å². The Morgan fingerprint density at radius 3 is 2.83 bits per heavy atom. The highest BCUT2D eigenvalue weighted by Crippen LogP contribution is 2.30. The van der Waals surface area contributed by atoms with Crippen LogP contribution in [0, 0.1) is 0 Å². The number of ether oxygens (including phenoxy) is 2. The second-order valence-electron chi connectivity index (χ2n) is 5.39. The first-order chi connectivity index (χ1) is 11.3. The maximum absolute atomic E-state index is 11.2. The summed E-state index contributed by atoms with van der Waals surface area (Å²) < 4.78 is 14.2. The number of aromatic nitrogens is 1. The molecule has 23 heavy (non-hydrogen) atoms. The van der Waals surface area contributed by atoms with Crippen LogP contribution in [0.5, 0.6) is 11.5 Å². The SMILES string of the molecule is O=c1cc(-c2ccc(OCc3cccc4c3OCC4)cc2)s[nH]1. The van der Waals surface area contributed by atoms with Crippen molar-refractivity contribution in [1.29, 1.82) is 0 Å². The van der Waals surface area contributed by atoms with Gasteiger partial charge >= 0.3 is 0 Å². The van der Waals surface area contributed by atoms with Gasteiger partial charge in [-0.25, -0.2) is 0 Å². The molecule has 0 atom stereocenters. The molecule has 0 bridgehead atoms. The van der Waals surface area contributed by atoms with Crippen molar-refractivity contribution < 1.29 is 9.47 Å². The van der Waals surface area contributed by atoms with Gasteiger partial charge in [0.1, 0.15) is 18.1 Å². The second-order valence-corrected chi connectivity index (χ2v) is 6.24. The zero-order valence-corrected chi connectivity index (χ0v) is 13.2. The van der Waals surface area contributed by atoms with Crippen LogP contribution in [0.25, 0.3) is 10.4 Å². The molecule has 1 aromatic heterocycles. The lowest BCUT2D eigenvalue weighted by Gasteiger charge is -2.10. The summed E-state index contributed by atoms with van der Waals surface area (Å²) in [4.78, 5) is 12.1. The van der Waals surface area contributed by atoms with Gasteiger partial charge < -0.3 is 9.47 Å². The molecule has 116 valence electrons. The van der Waals surface area contributed by atoms with E-state index in [1.807, 2.05) is 36.4 Å². The Balaban J connectivity index is 1.48. The molecule has 0 aliphatic carbocycles. The lowest BCUT2D eigenvalue weighted by molar-refractivity contribution is 0.292. The molecule has 5 heteroatoms. The van der Waals surface area contributed by atoms with Crippen molar-refractivity contribution in [1.82, 2.24) is 4.37 Å². The van der Waals surface area contributed by atoms with E-state index < -0.39 is 0 Å². The van der Waals surface area contributed by atoms with Crippen molar-refractivity contribution in [3.05, 3.63) is 70.0 Å². The molecule has 3 aromatic rings. The van der Waals surface area contributed by atoms with Gasteiger partial charge in [-0.3, -0.25) is 9.17 Å². The molecule has 0 fully saturated rings. The Labute approximate surface area is 137 Å². The summed E-state index contributed by atoms with van der Waals surface area (Å²) in [5.74, 6) is 1.77. The van der Waals surface area contributed by atoms with Crippen LogP contribution in [0.3, 0.4) is 0 Å². The van der Waals surface area contributed by atoms with E-state index in [0.717, 1.165) is 40.5 Å². The van der Waals surface area contributed by atoms with Crippen LogP contribution in [0.2, 0.25) is 0 Å². The monoisotopic (exact) mass is 325 g/mol. The fourth-order valence-corrected chi connectivity index (χ4v) is 3.39. The van der Waals surface area contributed by atoms with E-state index >= 15 is 0 Å². The average molecular weight is 325 g/mol. The molecule has 0 radical (unpaired) electrons. The Bertz CT molecular complexity index is 880. The fraction of sp³-hybridized carbons (Fsp3) is 0.167. The van der Waals surface area contributed by atoms with Crippen molar-refractivity contribution in [2.75, 3.05) is 6.61 Å². The summed E-state index contributed by atoms with van der Waals surface area (Å²) in [5, 5.41) is 0. The van der Waals surface area contributed by atoms with E-state index in [4.69, 9.17) is 9.47 Å². The predicted molar refractivity (Wildman–Crippen MR) is 90.3 cm³/mol. The highest BCUT2D eigenvalue weighted by atomic mass is 32.1. The van der Waals surface area contributed by atoms with Gasteiger partial charge in [-0.05, 0) is 35.4 Å². The molecule has 0 amide bonds. The van der Waals surface area contributed by atoms with E-state index in [0.29, 0.717) is 6.61 Å². The summed E-state index contributed by atoms with van der Waals surface area (Å²) in [6, 6.07) is 15.5. The van der Waals surface area contributed by atoms with Crippen molar-refractivity contribution in [2.24, 2.45) is 0 Å². The minimum absolute atomic E-state index is 0.0664. The normalized spacial score (nSPS) is 12.7. The van der Waals surface area contributed by atoms with Crippen molar-refractivity contribution in [3.63, 3.8) is 0 Å². The lowest BCUT2D eigenvalue weighted by atomic mass is 10.1. The summed E-state index contributed by atoms with van der Waals surface area (Å²) in [6.07, 6.45) is 0.970. The molecule has 1 aliphatic heterocycles. The molecule has 4 rings (SSSR count). The Hall–Kier alpha value is -2.53. The lowest BCUT2D eigenvalue weighted by Crippen LogP contribution is -1.98. The zero-order valence-electron chi connectivity index (χ0n) is 12.4. The van der Waals surface area contributed by atoms with Crippen molar-refractivity contribution in [2.45, 2.75) is 13.0 Å². The number of aromatic amines is 1. The predicted octanol–water partition coefficient (Wildman–Crippen LogP) is 3.62. The van der Waals surface area contributed by atoms with Crippen molar-refractivity contribution in [3.8, 4) is 21.9 Å². The molecule has 4 nitrogen and oxygen atoms in total. The highest BCUT2D eigenvalue weighted by molar-refractivity contribution is 7.09. The quantitative estimate of drug-likeness (QED) is 0.797. The number of hydrogen-bond acceptors (Lipinski definition) is 4. The number of fused-ring (bicyclic) bond motifs is 1. The maximum Gasteiger partial charge on any atom is 0.258 e. The van der Waals surface area contributed by atoms with E-state index in [-0.39, 0.29) is 5.56 Å². The van der Waals surface area contributed by atoms with Gasteiger partial charge in [0.15, 0.2) is 0 Å². The maximum atomic E-state index is 11.2. The Morgan fingerprint density at radius 2 is 2.04 bits per heavy atom. The van der Waals surface area contributed by atoms with Gasteiger partial charge in [0.2, 0.25) is 0 Å². The van der Waals surface area contributed by atoms with Crippen LogP contribution in [0.4, 0.5) is 0 Å². The van der Waals surface area contributed by atoms with Crippen LogP contribution >= 0.6 is 11.5 Å². The minimum atomic E-state index is -0.0664. The third-order valence-corrected chi connectivity index (χ3v) is 4.73. The van der Waals surface area contributed by atoms with E-state index in [9.17, 15) is 4.79 Å². The summed E-state index contributed by atoms with van der Waals surface area (Å²) in [7, 11) is 0. The van der Waals surface area contributed by atoms with Crippen LogP contribution in [0.15, 0.2) is 53.3 Å². The zero-order chi connectivity index (χ0) is 15.6. The van der Waals surface area contributed by atoms with Gasteiger partial charge in [0.05, 0.1) is 11.5 Å². The topological polar surface area (TPSA) is 51.3 Å². The van der Waals surface area contributed by atoms with Crippen molar-refractivity contribution >= 4 is 11.5 Å². The van der Waals surface area contributed by atoms with Crippen LogP contribution < -0.4 is 15.0 Å². The fourth-order valence-electron chi connectivity index (χ4n) is 2.70. The first kappa shape index (κ1) is 14.1. The van der Waals surface area contributed by atoms with E-state index in [1.165, 1.54) is 17.1 Å². The van der Waals surface area contributed by atoms with Crippen LogP contribution in [-0.4, -0.2) is 11.0 Å². The largest absolute Gasteiger partial charge is 0.493 e. The molecular weight excluding hydrogens is 310 g/mol. The number of nitrogens with one attached hydrogen (secondary N) is 1. The second kappa shape index (κ2) is 5.93. The molecule has 0 spiro atoms. The summed E-state index contributed by atoms with van der Waals surface area (Å²) >= 11 is 1.34. The van der Waals surface area contributed by atoms with Gasteiger partial charge in [-0.15, -0.1) is 0 Å². The molecular formula is C18H15NO3S. The van der Waals surface area contributed by atoms with E-state index in [2.05, 4.69) is 10.4 Å². The molecule has 1 aliphatic rings. The Kier molecular flexibility index (Phi) is 3.63. The molecule has 2 heterocycles. The standard InChI is InChI=1S/C18H15NO3S/c20-17-10-16(23-19-17)12-4-6-15(7-5-12)22-11-14-3-1-2-13-8-9-21-18(13)14/h1-7,10H,8-9,11H2,(H,19,20). The first-order valence-electron chi connectivity index (χ1n) is 7.45. The molecule has 0 saturated heterocycles.